The minimum atomic E-state index is -0.0915. The number of rotatable bonds is 4. The second kappa shape index (κ2) is 5.69. The monoisotopic (exact) mass is 353 g/mol. The highest BCUT2D eigenvalue weighted by molar-refractivity contribution is 9.10. The molecule has 0 amide bonds. The fourth-order valence-corrected chi connectivity index (χ4v) is 4.12. The molecule has 3 rings (SSSR count). The van der Waals surface area contributed by atoms with Gasteiger partial charge in [-0.25, -0.2) is 4.68 Å². The summed E-state index contributed by atoms with van der Waals surface area (Å²) in [5, 5.41) is 7.43. The Bertz CT molecular complexity index is 671. The van der Waals surface area contributed by atoms with Crippen LogP contribution in [-0.4, -0.2) is 9.78 Å². The van der Waals surface area contributed by atoms with Gasteiger partial charge < -0.3 is 5.32 Å². The predicted octanol–water partition coefficient (Wildman–Crippen LogP) is 3.19. The molecule has 2 heterocycles. The van der Waals surface area contributed by atoms with Crippen LogP contribution >= 0.6 is 27.3 Å². The SMILES string of the molecule is CCn1ncc(NCc2cc3c(s2)CCC3)c(Br)c1=O. The highest BCUT2D eigenvalue weighted by Crippen LogP contribution is 2.31. The van der Waals surface area contributed by atoms with Crippen LogP contribution < -0.4 is 10.9 Å². The van der Waals surface area contributed by atoms with E-state index < -0.39 is 0 Å². The maximum absolute atomic E-state index is 12.0. The van der Waals surface area contributed by atoms with Gasteiger partial charge in [-0.05, 0) is 53.7 Å². The number of aromatic nitrogens is 2. The number of anilines is 1. The summed E-state index contributed by atoms with van der Waals surface area (Å²) in [5.41, 5.74) is 2.17. The first-order valence-corrected chi connectivity index (χ1v) is 8.40. The van der Waals surface area contributed by atoms with Gasteiger partial charge in [0.1, 0.15) is 4.47 Å². The van der Waals surface area contributed by atoms with Crippen molar-refractivity contribution in [2.24, 2.45) is 0 Å². The van der Waals surface area contributed by atoms with Gasteiger partial charge in [0, 0.05) is 22.8 Å². The molecular formula is C14H16BrN3OS. The van der Waals surface area contributed by atoms with Gasteiger partial charge in [-0.3, -0.25) is 4.79 Å². The van der Waals surface area contributed by atoms with E-state index >= 15 is 0 Å². The summed E-state index contributed by atoms with van der Waals surface area (Å²) in [7, 11) is 0. The number of hydrogen-bond donors (Lipinski definition) is 1. The summed E-state index contributed by atoms with van der Waals surface area (Å²) in [5.74, 6) is 0. The third kappa shape index (κ3) is 2.54. The molecule has 0 unspecified atom stereocenters. The lowest BCUT2D eigenvalue weighted by Crippen LogP contribution is -2.23. The van der Waals surface area contributed by atoms with Gasteiger partial charge in [0.2, 0.25) is 0 Å². The Kier molecular flexibility index (Phi) is 3.94. The second-order valence-corrected chi connectivity index (χ2v) is 6.88. The molecule has 1 aliphatic rings. The Balaban J connectivity index is 1.75. The number of hydrogen-bond acceptors (Lipinski definition) is 4. The van der Waals surface area contributed by atoms with Crippen molar-refractivity contribution in [3.8, 4) is 0 Å². The quantitative estimate of drug-likeness (QED) is 0.917. The van der Waals surface area contributed by atoms with Crippen molar-refractivity contribution >= 4 is 33.0 Å². The molecule has 1 N–H and O–H groups in total. The number of nitrogens with one attached hydrogen (secondary N) is 1. The van der Waals surface area contributed by atoms with Crippen molar-refractivity contribution < 1.29 is 0 Å². The van der Waals surface area contributed by atoms with Crippen LogP contribution in [0, 0.1) is 0 Å². The minimum Gasteiger partial charge on any atom is -0.378 e. The van der Waals surface area contributed by atoms with Crippen molar-refractivity contribution in [1.82, 2.24) is 9.78 Å². The van der Waals surface area contributed by atoms with Gasteiger partial charge in [-0.15, -0.1) is 11.3 Å². The van der Waals surface area contributed by atoms with Crippen LogP contribution in [0.2, 0.25) is 0 Å². The van der Waals surface area contributed by atoms with E-state index in [2.05, 4.69) is 32.4 Å². The zero-order valence-corrected chi connectivity index (χ0v) is 13.7. The lowest BCUT2D eigenvalue weighted by atomic mass is 10.2. The van der Waals surface area contributed by atoms with Gasteiger partial charge in [0.25, 0.3) is 5.56 Å². The standard InChI is InChI=1S/C14H16BrN3OS/c1-2-18-14(19)13(15)11(8-17-18)16-7-10-6-9-4-3-5-12(9)20-10/h6,8,16H,2-5,7H2,1H3. The van der Waals surface area contributed by atoms with E-state index in [1.807, 2.05) is 18.3 Å². The molecule has 0 aromatic carbocycles. The molecule has 4 nitrogen and oxygen atoms in total. The smallest absolute Gasteiger partial charge is 0.283 e. The first-order valence-electron chi connectivity index (χ1n) is 6.79. The van der Waals surface area contributed by atoms with Crippen molar-refractivity contribution in [1.29, 1.82) is 0 Å². The van der Waals surface area contributed by atoms with Gasteiger partial charge in [0.15, 0.2) is 0 Å². The third-order valence-corrected chi connectivity index (χ3v) is 5.54. The molecular weight excluding hydrogens is 338 g/mol. The molecule has 0 bridgehead atoms. The molecule has 6 heteroatoms. The summed E-state index contributed by atoms with van der Waals surface area (Å²) in [4.78, 5) is 14.8. The highest BCUT2D eigenvalue weighted by Gasteiger charge is 2.15. The van der Waals surface area contributed by atoms with E-state index in [4.69, 9.17) is 0 Å². The van der Waals surface area contributed by atoms with E-state index in [9.17, 15) is 4.79 Å². The summed E-state index contributed by atoms with van der Waals surface area (Å²) >= 11 is 5.23. The Morgan fingerprint density at radius 2 is 2.35 bits per heavy atom. The van der Waals surface area contributed by atoms with Crippen molar-refractivity contribution in [3.05, 3.63) is 42.4 Å². The van der Waals surface area contributed by atoms with Crippen LogP contribution in [0.25, 0.3) is 0 Å². The fraction of sp³-hybridized carbons (Fsp3) is 0.429. The van der Waals surface area contributed by atoms with Crippen LogP contribution in [0.1, 0.15) is 28.7 Å². The maximum Gasteiger partial charge on any atom is 0.283 e. The summed E-state index contributed by atoms with van der Waals surface area (Å²) in [6.07, 6.45) is 5.43. The van der Waals surface area contributed by atoms with E-state index in [1.54, 1.807) is 6.20 Å². The van der Waals surface area contributed by atoms with Crippen LogP contribution in [0.15, 0.2) is 21.5 Å². The number of fused-ring (bicyclic) bond motifs is 1. The Morgan fingerprint density at radius 3 is 3.10 bits per heavy atom. The Hall–Kier alpha value is -1.14. The zero-order valence-electron chi connectivity index (χ0n) is 11.3. The first kappa shape index (κ1) is 13.8. The van der Waals surface area contributed by atoms with Gasteiger partial charge in [-0.2, -0.15) is 5.10 Å². The molecule has 1 aliphatic carbocycles. The van der Waals surface area contributed by atoms with Crippen molar-refractivity contribution in [2.45, 2.75) is 39.3 Å². The highest BCUT2D eigenvalue weighted by atomic mass is 79.9. The Labute approximate surface area is 130 Å². The predicted molar refractivity (Wildman–Crippen MR) is 85.5 cm³/mol. The van der Waals surface area contributed by atoms with E-state index in [-0.39, 0.29) is 5.56 Å². The Morgan fingerprint density at radius 1 is 1.50 bits per heavy atom. The molecule has 0 saturated heterocycles. The average Bonchev–Trinajstić information content (AvgIpc) is 3.01. The van der Waals surface area contributed by atoms with Crippen LogP contribution in [-0.2, 0) is 25.9 Å². The van der Waals surface area contributed by atoms with E-state index in [0.717, 1.165) is 12.2 Å². The number of aryl methyl sites for hydroxylation is 3. The van der Waals surface area contributed by atoms with E-state index in [1.165, 1.54) is 39.3 Å². The van der Waals surface area contributed by atoms with Crippen molar-refractivity contribution in [2.75, 3.05) is 5.32 Å². The molecule has 0 atom stereocenters. The number of halogens is 1. The zero-order chi connectivity index (χ0) is 14.1. The minimum absolute atomic E-state index is 0.0915. The molecule has 106 valence electrons. The molecule has 0 saturated carbocycles. The molecule has 0 radical (unpaired) electrons. The molecule has 0 spiro atoms. The van der Waals surface area contributed by atoms with Gasteiger partial charge >= 0.3 is 0 Å². The second-order valence-electron chi connectivity index (χ2n) is 4.86. The van der Waals surface area contributed by atoms with Gasteiger partial charge in [0.05, 0.1) is 11.9 Å². The average molecular weight is 354 g/mol. The van der Waals surface area contributed by atoms with E-state index in [0.29, 0.717) is 11.0 Å². The fourth-order valence-electron chi connectivity index (χ4n) is 2.47. The first-order chi connectivity index (χ1) is 9.69. The van der Waals surface area contributed by atoms with Crippen LogP contribution in [0.5, 0.6) is 0 Å². The topological polar surface area (TPSA) is 46.9 Å². The molecule has 0 fully saturated rings. The normalized spacial score (nSPS) is 13.5. The maximum atomic E-state index is 12.0. The molecule has 2 aromatic heterocycles. The number of nitrogens with zero attached hydrogens (tertiary/aromatic N) is 2. The van der Waals surface area contributed by atoms with Gasteiger partial charge in [-0.1, -0.05) is 0 Å². The van der Waals surface area contributed by atoms with Crippen LogP contribution in [0.4, 0.5) is 5.69 Å². The van der Waals surface area contributed by atoms with Crippen LogP contribution in [0.3, 0.4) is 0 Å². The third-order valence-electron chi connectivity index (χ3n) is 3.54. The lowest BCUT2D eigenvalue weighted by molar-refractivity contribution is 0.613. The lowest BCUT2D eigenvalue weighted by Gasteiger charge is -2.08. The molecule has 20 heavy (non-hydrogen) atoms. The summed E-state index contributed by atoms with van der Waals surface area (Å²) in [6.45, 7) is 3.23. The molecule has 0 aliphatic heterocycles. The summed E-state index contributed by atoms with van der Waals surface area (Å²) in [6, 6.07) is 2.29. The van der Waals surface area contributed by atoms with Crippen molar-refractivity contribution in [3.63, 3.8) is 0 Å². The summed E-state index contributed by atoms with van der Waals surface area (Å²) < 4.78 is 1.99. The number of thiophene rings is 1. The largest absolute Gasteiger partial charge is 0.378 e. The molecule has 2 aromatic rings.